The van der Waals surface area contributed by atoms with Crippen molar-refractivity contribution in [3.63, 3.8) is 0 Å². The van der Waals surface area contributed by atoms with E-state index in [1.165, 1.54) is 7.11 Å². The van der Waals surface area contributed by atoms with Gasteiger partial charge < -0.3 is 9.47 Å². The van der Waals surface area contributed by atoms with Gasteiger partial charge in [0.1, 0.15) is 13.8 Å². The molecule has 1 heterocycles. The fourth-order valence-corrected chi connectivity index (χ4v) is 2.60. The Bertz CT molecular complexity index is 648. The summed E-state index contributed by atoms with van der Waals surface area (Å²) < 4.78 is 10.6. The minimum atomic E-state index is -1.72. The zero-order valence-electron chi connectivity index (χ0n) is 12.6. The van der Waals surface area contributed by atoms with Gasteiger partial charge in [-0.15, -0.1) is 5.54 Å². The highest BCUT2D eigenvalue weighted by Gasteiger charge is 2.47. The quantitative estimate of drug-likeness (QED) is 0.454. The highest BCUT2D eigenvalue weighted by Crippen LogP contribution is 2.33. The van der Waals surface area contributed by atoms with E-state index in [1.54, 1.807) is 24.3 Å². The third-order valence-electron chi connectivity index (χ3n) is 3.04. The van der Waals surface area contributed by atoms with Gasteiger partial charge in [0.2, 0.25) is 0 Å². The van der Waals surface area contributed by atoms with Crippen LogP contribution in [-0.2, 0) is 9.53 Å². The second kappa shape index (κ2) is 5.38. The van der Waals surface area contributed by atoms with Gasteiger partial charge in [-0.05, 0) is 12.1 Å². The third-order valence-corrected chi connectivity index (χ3v) is 3.91. The number of hydrogen-bond donors (Lipinski definition) is 0. The van der Waals surface area contributed by atoms with Crippen molar-refractivity contribution in [1.29, 1.82) is 0 Å². The van der Waals surface area contributed by atoms with E-state index in [-0.39, 0.29) is 12.2 Å². The van der Waals surface area contributed by atoms with Crippen LogP contribution in [-0.4, -0.2) is 32.5 Å². The summed E-state index contributed by atoms with van der Waals surface area (Å²) in [6.07, 6.45) is -0.117. The normalized spacial score (nSPS) is 20.7. The number of ketones is 1. The first-order valence-electron chi connectivity index (χ1n) is 6.71. The van der Waals surface area contributed by atoms with Crippen molar-refractivity contribution in [3.05, 3.63) is 29.8 Å². The van der Waals surface area contributed by atoms with Crippen molar-refractivity contribution in [3.8, 4) is 17.2 Å². The van der Waals surface area contributed by atoms with Gasteiger partial charge in [-0.2, -0.15) is 0 Å². The number of para-hydroxylation sites is 1. The van der Waals surface area contributed by atoms with Crippen LogP contribution in [0.1, 0.15) is 16.8 Å². The lowest BCUT2D eigenvalue weighted by atomic mass is 9.90. The smallest absolute Gasteiger partial charge is 0.363 e. The van der Waals surface area contributed by atoms with Crippen LogP contribution in [0.3, 0.4) is 0 Å². The van der Waals surface area contributed by atoms with E-state index in [9.17, 15) is 9.59 Å². The Morgan fingerprint density at radius 2 is 2.00 bits per heavy atom. The molecule has 1 atom stereocenters. The van der Waals surface area contributed by atoms with Crippen molar-refractivity contribution >= 4 is 19.8 Å². The number of fused-ring (bicyclic) bond motifs is 1. The van der Waals surface area contributed by atoms with Gasteiger partial charge in [0.25, 0.3) is 5.60 Å². The maximum atomic E-state index is 12.3. The van der Waals surface area contributed by atoms with Gasteiger partial charge in [0.05, 0.1) is 19.1 Å². The van der Waals surface area contributed by atoms with E-state index in [1.807, 2.05) is 0 Å². The molecular formula is C16H18O4Si. The monoisotopic (exact) mass is 302 g/mol. The van der Waals surface area contributed by atoms with Gasteiger partial charge >= 0.3 is 5.97 Å². The van der Waals surface area contributed by atoms with Crippen molar-refractivity contribution in [1.82, 2.24) is 0 Å². The minimum absolute atomic E-state index is 0.117. The Hall–Kier alpha value is -2.06. The molecule has 0 aliphatic carbocycles. The van der Waals surface area contributed by atoms with Gasteiger partial charge in [-0.3, -0.25) is 4.79 Å². The topological polar surface area (TPSA) is 52.6 Å². The van der Waals surface area contributed by atoms with Crippen LogP contribution in [0, 0.1) is 11.5 Å². The summed E-state index contributed by atoms with van der Waals surface area (Å²) in [5.74, 6) is 2.48. The number of Topliss-reactive ketones (excluding diaryl/α,β-unsaturated/α-hetero) is 1. The molecule has 110 valence electrons. The molecule has 1 aliphatic heterocycles. The predicted molar refractivity (Wildman–Crippen MR) is 81.9 cm³/mol. The van der Waals surface area contributed by atoms with Crippen LogP contribution >= 0.6 is 0 Å². The second-order valence-corrected chi connectivity index (χ2v) is 10.8. The van der Waals surface area contributed by atoms with E-state index < -0.39 is 19.6 Å². The van der Waals surface area contributed by atoms with E-state index in [0.717, 1.165) is 0 Å². The number of rotatable bonds is 1. The van der Waals surface area contributed by atoms with E-state index in [0.29, 0.717) is 11.3 Å². The number of carbonyl (C=O) groups excluding carboxylic acids is 2. The largest absolute Gasteiger partial charge is 0.465 e. The summed E-state index contributed by atoms with van der Waals surface area (Å²) in [4.78, 5) is 24.5. The maximum absolute atomic E-state index is 12.3. The molecule has 0 aromatic heterocycles. The second-order valence-electron chi connectivity index (χ2n) is 6.02. The summed E-state index contributed by atoms with van der Waals surface area (Å²) in [6.45, 7) is 6.18. The van der Waals surface area contributed by atoms with Gasteiger partial charge in [0.15, 0.2) is 5.78 Å². The van der Waals surface area contributed by atoms with Crippen molar-refractivity contribution < 1.29 is 19.1 Å². The molecule has 21 heavy (non-hydrogen) atoms. The molecule has 0 saturated carbocycles. The Morgan fingerprint density at radius 3 is 2.62 bits per heavy atom. The molecule has 0 saturated heterocycles. The average Bonchev–Trinajstić information content (AvgIpc) is 2.43. The molecule has 5 heteroatoms. The fraction of sp³-hybridized carbons (Fsp3) is 0.375. The number of carbonyl (C=O) groups is 2. The molecule has 4 nitrogen and oxygen atoms in total. The molecule has 0 N–H and O–H groups in total. The SMILES string of the molecule is COC(=O)[C@]1(C#C[Si](C)(C)C)CC(=O)c2ccccc2O1. The first kappa shape index (κ1) is 15.3. The maximum Gasteiger partial charge on any atom is 0.363 e. The van der Waals surface area contributed by atoms with E-state index in [4.69, 9.17) is 9.47 Å². The Kier molecular flexibility index (Phi) is 3.92. The molecular weight excluding hydrogens is 284 g/mol. The lowest BCUT2D eigenvalue weighted by Gasteiger charge is -2.31. The molecule has 1 aliphatic rings. The number of hydrogen-bond acceptors (Lipinski definition) is 4. The van der Waals surface area contributed by atoms with Crippen molar-refractivity contribution in [2.45, 2.75) is 31.7 Å². The average molecular weight is 302 g/mol. The summed E-state index contributed by atoms with van der Waals surface area (Å²) in [7, 11) is -0.448. The first-order chi connectivity index (χ1) is 9.77. The Labute approximate surface area is 125 Å². The summed E-state index contributed by atoms with van der Waals surface area (Å²) in [5, 5.41) is 0. The summed E-state index contributed by atoms with van der Waals surface area (Å²) in [6, 6.07) is 6.87. The zero-order valence-corrected chi connectivity index (χ0v) is 13.6. The molecule has 0 unspecified atom stereocenters. The first-order valence-corrected chi connectivity index (χ1v) is 10.2. The highest BCUT2D eigenvalue weighted by atomic mass is 28.3. The van der Waals surface area contributed by atoms with Crippen LogP contribution in [0.25, 0.3) is 0 Å². The molecule has 0 amide bonds. The third kappa shape index (κ3) is 3.17. The van der Waals surface area contributed by atoms with Crippen LogP contribution < -0.4 is 4.74 Å². The van der Waals surface area contributed by atoms with Crippen LogP contribution in [0.2, 0.25) is 19.6 Å². The van der Waals surface area contributed by atoms with Crippen LogP contribution in [0.5, 0.6) is 5.75 Å². The van der Waals surface area contributed by atoms with E-state index >= 15 is 0 Å². The number of esters is 1. The molecule has 2 rings (SSSR count). The van der Waals surface area contributed by atoms with Crippen molar-refractivity contribution in [2.75, 3.05) is 7.11 Å². The predicted octanol–water partition coefficient (Wildman–Crippen LogP) is 2.44. The summed E-state index contributed by atoms with van der Waals surface area (Å²) in [5.41, 5.74) is 2.06. The van der Waals surface area contributed by atoms with E-state index in [2.05, 4.69) is 31.1 Å². The summed E-state index contributed by atoms with van der Waals surface area (Å²) >= 11 is 0. The molecule has 0 fully saturated rings. The number of methoxy groups -OCH3 is 1. The van der Waals surface area contributed by atoms with Gasteiger partial charge in [0, 0.05) is 0 Å². The molecule has 0 radical (unpaired) electrons. The zero-order chi connectivity index (χ0) is 15.7. The number of ether oxygens (including phenoxy) is 2. The van der Waals surface area contributed by atoms with Gasteiger partial charge in [-0.1, -0.05) is 37.7 Å². The van der Waals surface area contributed by atoms with Crippen LogP contribution in [0.15, 0.2) is 24.3 Å². The Balaban J connectivity index is 2.51. The minimum Gasteiger partial charge on any atom is -0.465 e. The Morgan fingerprint density at radius 1 is 1.33 bits per heavy atom. The lowest BCUT2D eigenvalue weighted by Crippen LogP contribution is -2.49. The fourth-order valence-electron chi connectivity index (χ4n) is 2.02. The molecule has 1 aromatic rings. The molecule has 0 bridgehead atoms. The highest BCUT2D eigenvalue weighted by molar-refractivity contribution is 6.83. The van der Waals surface area contributed by atoms with Crippen LogP contribution in [0.4, 0.5) is 0 Å². The lowest BCUT2D eigenvalue weighted by molar-refractivity contribution is -0.154. The van der Waals surface area contributed by atoms with Crippen molar-refractivity contribution in [2.24, 2.45) is 0 Å². The standard InChI is InChI=1S/C16H18O4Si/c1-19-15(18)16(9-10-21(2,3)4)11-13(17)12-7-5-6-8-14(12)20-16/h5-8H,11H2,1-4H3/t16-/m0/s1. The molecule has 0 spiro atoms. The number of benzene rings is 1. The van der Waals surface area contributed by atoms with Gasteiger partial charge in [-0.25, -0.2) is 4.79 Å². The molecule has 1 aromatic carbocycles.